The van der Waals surface area contributed by atoms with E-state index in [2.05, 4.69) is 81.1 Å². The minimum Gasteiger partial charge on any atom is -0.334 e. The van der Waals surface area contributed by atoms with Crippen molar-refractivity contribution in [3.8, 4) is 0 Å². The Bertz CT molecular complexity index is 325. The Morgan fingerprint density at radius 2 is 1.00 bits per heavy atom. The Balaban J connectivity index is -0.000000207. The van der Waals surface area contributed by atoms with Gasteiger partial charge in [-0.3, -0.25) is 0 Å². The second kappa shape index (κ2) is 20.0. The molecule has 6 N–H and O–H groups in total. The molecule has 1 rings (SSSR count). The van der Waals surface area contributed by atoms with Crippen LogP contribution in [-0.4, -0.2) is 33.7 Å². The normalized spacial score (nSPS) is 7.00. The number of amides is 3. The Morgan fingerprint density at radius 1 is 0.762 bits per heavy atom. The molecule has 0 unspecified atom stereocenters. The predicted octanol–water partition coefficient (Wildman–Crippen LogP) is 0.578. The summed E-state index contributed by atoms with van der Waals surface area (Å²) in [4.78, 5) is 27.7. The molecule has 120 valence electrons. The van der Waals surface area contributed by atoms with Crippen LogP contribution < -0.4 is 17.2 Å². The van der Waals surface area contributed by atoms with Gasteiger partial charge in [-0.15, -0.1) is 10.2 Å². The highest BCUT2D eigenvalue weighted by atomic mass is 35.5. The fourth-order valence-corrected chi connectivity index (χ4v) is 0.205. The molecule has 0 aliphatic rings. The lowest BCUT2D eigenvalue weighted by molar-refractivity contribution is 0.214. The van der Waals surface area contributed by atoms with Crippen LogP contribution in [0.15, 0.2) is 18.5 Å². The molecule has 1 heterocycles. The molecule has 1 aromatic rings. The summed E-state index contributed by atoms with van der Waals surface area (Å²) < 4.78 is 10.1. The molecule has 0 radical (unpaired) electrons. The summed E-state index contributed by atoms with van der Waals surface area (Å²) in [5.74, 6) is 0. The van der Waals surface area contributed by atoms with Gasteiger partial charge in [-0.05, 0) is 11.3 Å². The summed E-state index contributed by atoms with van der Waals surface area (Å²) in [6.45, 7) is 0. The van der Waals surface area contributed by atoms with E-state index in [1.807, 2.05) is 0 Å². The SMILES string of the molecule is NC(=O)OCl.NC(=O)OCl.NC(=O)OCl.c1cnnnc1. The summed E-state index contributed by atoms with van der Waals surface area (Å²) in [5, 5.41) is 10.1. The molecule has 0 bridgehead atoms. The molecule has 0 aromatic carbocycles. The first kappa shape index (κ1) is 23.8. The maximum atomic E-state index is 9.24. The van der Waals surface area contributed by atoms with E-state index < -0.39 is 18.3 Å². The van der Waals surface area contributed by atoms with Gasteiger partial charge in [-0.1, -0.05) is 0 Å². The van der Waals surface area contributed by atoms with Crippen LogP contribution >= 0.6 is 35.6 Å². The zero-order valence-corrected chi connectivity index (χ0v) is 12.2. The van der Waals surface area contributed by atoms with Gasteiger partial charge in [-0.25, -0.2) is 14.4 Å². The Morgan fingerprint density at radius 3 is 1.05 bits per heavy atom. The molecule has 0 saturated heterocycles. The summed E-state index contributed by atoms with van der Waals surface area (Å²) in [6, 6.07) is 1.72. The van der Waals surface area contributed by atoms with E-state index in [-0.39, 0.29) is 0 Å². The smallest absolute Gasteiger partial charge is 0.334 e. The Labute approximate surface area is 132 Å². The lowest BCUT2D eigenvalue weighted by Gasteiger charge is -1.74. The standard InChI is InChI=1S/C3H3N3.3CH2ClNO2/c1-2-4-6-5-3-1;3*2-5-1(3)4/h1-3H;3*(H2,3,4). The minimum atomic E-state index is -0.980. The third kappa shape index (κ3) is 46.4. The van der Waals surface area contributed by atoms with Crippen molar-refractivity contribution in [2.24, 2.45) is 17.2 Å². The van der Waals surface area contributed by atoms with Gasteiger partial charge in [0.05, 0.1) is 12.4 Å². The predicted molar refractivity (Wildman–Crippen MR) is 69.4 cm³/mol. The maximum absolute atomic E-state index is 9.24. The quantitative estimate of drug-likeness (QED) is 0.587. The van der Waals surface area contributed by atoms with Gasteiger partial charge < -0.3 is 30.1 Å². The minimum absolute atomic E-state index is 0.980. The molecule has 0 fully saturated rings. The van der Waals surface area contributed by atoms with Gasteiger partial charge in [0.25, 0.3) is 0 Å². The Kier molecular flexibility index (Phi) is 22.6. The zero-order valence-electron chi connectivity index (χ0n) is 9.89. The summed E-state index contributed by atoms with van der Waals surface area (Å²) in [6.07, 6.45) is 0.213. The largest absolute Gasteiger partial charge is 0.422 e. The molecular weight excluding hydrogens is 358 g/mol. The number of hydrogen-bond donors (Lipinski definition) is 3. The van der Waals surface area contributed by atoms with E-state index in [0.29, 0.717) is 0 Å². The van der Waals surface area contributed by atoms with Gasteiger partial charge in [0.2, 0.25) is 0 Å². The first-order chi connectivity index (χ1) is 9.81. The summed E-state index contributed by atoms with van der Waals surface area (Å²) in [5.41, 5.74) is 12.9. The number of nitrogens with zero attached hydrogens (tertiary/aromatic N) is 3. The van der Waals surface area contributed by atoms with Crippen molar-refractivity contribution < 1.29 is 27.3 Å². The van der Waals surface area contributed by atoms with Crippen molar-refractivity contribution in [2.45, 2.75) is 0 Å². The van der Waals surface area contributed by atoms with Gasteiger partial charge >= 0.3 is 18.3 Å². The number of rotatable bonds is 0. The number of aromatic nitrogens is 3. The second-order valence-corrected chi connectivity index (χ2v) is 2.46. The molecule has 15 heteroatoms. The van der Waals surface area contributed by atoms with E-state index >= 15 is 0 Å². The molecule has 0 spiro atoms. The van der Waals surface area contributed by atoms with Crippen molar-refractivity contribution in [3.63, 3.8) is 0 Å². The zero-order chi connectivity index (χ0) is 17.1. The third-order valence-corrected chi connectivity index (χ3v) is 1.09. The van der Waals surface area contributed by atoms with E-state index in [9.17, 15) is 14.4 Å². The lowest BCUT2D eigenvalue weighted by Crippen LogP contribution is -2.06. The number of carbonyl (C=O) groups excluding carboxylic acids is 3. The molecule has 0 atom stereocenters. The van der Waals surface area contributed by atoms with Gasteiger partial charge in [0.1, 0.15) is 35.6 Å². The monoisotopic (exact) mass is 366 g/mol. The molecule has 0 aliphatic carbocycles. The molecule has 0 aliphatic heterocycles. The van der Waals surface area contributed by atoms with Crippen molar-refractivity contribution in [1.29, 1.82) is 0 Å². The van der Waals surface area contributed by atoms with Crippen LogP contribution in [0.1, 0.15) is 0 Å². The summed E-state index contributed by atoms with van der Waals surface area (Å²) in [7, 11) is 0. The van der Waals surface area contributed by atoms with E-state index in [1.54, 1.807) is 18.5 Å². The number of hydrogen-bond acceptors (Lipinski definition) is 9. The van der Waals surface area contributed by atoms with Crippen molar-refractivity contribution in [2.75, 3.05) is 0 Å². The average molecular weight is 368 g/mol. The second-order valence-electron chi connectivity index (χ2n) is 2.00. The molecule has 21 heavy (non-hydrogen) atoms. The van der Waals surface area contributed by atoms with Gasteiger partial charge in [0, 0.05) is 0 Å². The number of nitrogens with two attached hydrogens (primary N) is 3. The van der Waals surface area contributed by atoms with Crippen LogP contribution in [0.3, 0.4) is 0 Å². The van der Waals surface area contributed by atoms with Crippen molar-refractivity contribution in [1.82, 2.24) is 15.4 Å². The van der Waals surface area contributed by atoms with Gasteiger partial charge in [-0.2, -0.15) is 0 Å². The van der Waals surface area contributed by atoms with Crippen molar-refractivity contribution in [3.05, 3.63) is 18.5 Å². The first-order valence-electron chi connectivity index (χ1n) is 4.14. The van der Waals surface area contributed by atoms with Crippen LogP contribution in [-0.2, 0) is 12.9 Å². The van der Waals surface area contributed by atoms with Crippen LogP contribution in [0, 0.1) is 0 Å². The topological polar surface area (TPSA) is 196 Å². The molecule has 1 aromatic heterocycles. The van der Waals surface area contributed by atoms with E-state index in [1.165, 1.54) is 0 Å². The van der Waals surface area contributed by atoms with E-state index in [4.69, 9.17) is 0 Å². The fourth-order valence-electron chi connectivity index (χ4n) is 0.205. The van der Waals surface area contributed by atoms with Crippen LogP contribution in [0.2, 0.25) is 0 Å². The molecule has 12 nitrogen and oxygen atoms in total. The molecule has 3 amide bonds. The van der Waals surface area contributed by atoms with Crippen molar-refractivity contribution >= 4 is 53.9 Å². The number of primary amides is 3. The van der Waals surface area contributed by atoms with Gasteiger partial charge in [0.15, 0.2) is 0 Å². The average Bonchev–Trinajstić information content (AvgIpc) is 2.50. The molecular formula is C6H9Cl3N6O6. The highest BCUT2D eigenvalue weighted by Gasteiger charge is 1.81. The maximum Gasteiger partial charge on any atom is 0.422 e. The van der Waals surface area contributed by atoms with Crippen LogP contribution in [0.25, 0.3) is 0 Å². The lowest BCUT2D eigenvalue weighted by atomic mass is 10.7. The van der Waals surface area contributed by atoms with E-state index in [0.717, 1.165) is 0 Å². The number of carbonyl (C=O) groups is 3. The fraction of sp³-hybridized carbons (Fsp3) is 0. The first-order valence-corrected chi connectivity index (χ1v) is 5.06. The van der Waals surface area contributed by atoms with Crippen LogP contribution in [0.4, 0.5) is 14.4 Å². The summed E-state index contributed by atoms with van der Waals surface area (Å²) >= 11 is 13.1. The highest BCUT2D eigenvalue weighted by molar-refractivity contribution is 6.13. The van der Waals surface area contributed by atoms with Crippen LogP contribution in [0.5, 0.6) is 0 Å². The number of halogens is 3. The third-order valence-electron chi connectivity index (χ3n) is 0.637. The Hall–Kier alpha value is -2.31. The highest BCUT2D eigenvalue weighted by Crippen LogP contribution is 1.73. The molecule has 0 saturated carbocycles.